The van der Waals surface area contributed by atoms with Gasteiger partial charge in [0, 0.05) is 25.4 Å². The van der Waals surface area contributed by atoms with Crippen LogP contribution in [0.3, 0.4) is 0 Å². The van der Waals surface area contributed by atoms with E-state index in [1.165, 1.54) is 6.08 Å². The molecule has 1 aromatic rings. The number of nitriles is 2. The zero-order valence-corrected chi connectivity index (χ0v) is 14.8. The molecule has 0 fully saturated rings. The molecule has 1 heterocycles. The summed E-state index contributed by atoms with van der Waals surface area (Å²) in [7, 11) is 3.83. The lowest BCUT2D eigenvalue weighted by Crippen LogP contribution is -2.32. The van der Waals surface area contributed by atoms with Crippen LogP contribution in [0.1, 0.15) is 5.56 Å². The normalized spacial score (nSPS) is 22.0. The van der Waals surface area contributed by atoms with Gasteiger partial charge in [-0.2, -0.15) is 10.5 Å². The highest BCUT2D eigenvalue weighted by molar-refractivity contribution is 6.49. The van der Waals surface area contributed by atoms with E-state index in [0.717, 1.165) is 5.69 Å². The first-order valence-electron chi connectivity index (χ1n) is 7.20. The molecule has 1 aliphatic carbocycles. The average molecular weight is 372 g/mol. The number of hydrogen-bond donors (Lipinski definition) is 0. The number of ether oxygens (including phenoxy) is 1. The van der Waals surface area contributed by atoms with Crippen LogP contribution in [0.4, 0.5) is 5.69 Å². The number of hydrogen-bond acceptors (Lipinski definition) is 5. The van der Waals surface area contributed by atoms with Gasteiger partial charge in [0.1, 0.15) is 11.1 Å². The summed E-state index contributed by atoms with van der Waals surface area (Å²) in [6, 6.07) is 11.4. The highest BCUT2D eigenvalue weighted by Crippen LogP contribution is 2.52. The van der Waals surface area contributed by atoms with E-state index in [1.807, 2.05) is 55.4 Å². The average Bonchev–Trinajstić information content (AvgIpc) is 3.04. The molecule has 1 atom stereocenters. The maximum Gasteiger partial charge on any atom is 0.352 e. The highest BCUT2D eigenvalue weighted by atomic mass is 35.5. The van der Waals surface area contributed by atoms with E-state index in [9.17, 15) is 15.3 Å². The Hall–Kier alpha value is -2.73. The predicted molar refractivity (Wildman–Crippen MR) is 94.6 cm³/mol. The van der Waals surface area contributed by atoms with E-state index in [-0.39, 0.29) is 21.2 Å². The predicted octanol–water partition coefficient (Wildman–Crippen LogP) is 3.48. The van der Waals surface area contributed by atoms with Crippen LogP contribution in [0.5, 0.6) is 0 Å². The van der Waals surface area contributed by atoms with Gasteiger partial charge >= 0.3 is 5.97 Å². The van der Waals surface area contributed by atoms with Crippen molar-refractivity contribution in [2.24, 2.45) is 0 Å². The molecule has 0 saturated heterocycles. The summed E-state index contributed by atoms with van der Waals surface area (Å²) in [4.78, 5) is 13.8. The van der Waals surface area contributed by atoms with Gasteiger partial charge in [-0.15, -0.1) is 0 Å². The van der Waals surface area contributed by atoms with E-state index in [4.69, 9.17) is 27.9 Å². The summed E-state index contributed by atoms with van der Waals surface area (Å²) in [6.07, 6.45) is 1.51. The van der Waals surface area contributed by atoms with E-state index in [1.54, 1.807) is 0 Å². The van der Waals surface area contributed by atoms with Gasteiger partial charge in [-0.25, -0.2) is 4.79 Å². The number of benzene rings is 1. The van der Waals surface area contributed by atoms with E-state index < -0.39 is 11.6 Å². The third-order valence-electron chi connectivity index (χ3n) is 4.14. The second-order valence-electron chi connectivity index (χ2n) is 5.71. The van der Waals surface area contributed by atoms with Crippen molar-refractivity contribution in [1.29, 1.82) is 10.5 Å². The van der Waals surface area contributed by atoms with Crippen molar-refractivity contribution in [1.82, 2.24) is 0 Å². The van der Waals surface area contributed by atoms with Crippen LogP contribution in [0, 0.1) is 22.7 Å². The summed E-state index contributed by atoms with van der Waals surface area (Å²) in [5.74, 6) is -0.857. The van der Waals surface area contributed by atoms with Crippen LogP contribution in [-0.2, 0) is 9.53 Å². The minimum absolute atomic E-state index is 0.0461. The third-order valence-corrected chi connectivity index (χ3v) is 5.04. The number of anilines is 1. The summed E-state index contributed by atoms with van der Waals surface area (Å²) in [6.45, 7) is 0. The molecule has 5 nitrogen and oxygen atoms in total. The Balaban J connectivity index is 2.22. The van der Waals surface area contributed by atoms with Gasteiger partial charge in [-0.1, -0.05) is 35.3 Å². The summed E-state index contributed by atoms with van der Waals surface area (Å²) < 4.78 is 5.30. The fourth-order valence-electron chi connectivity index (χ4n) is 2.87. The maximum atomic E-state index is 11.9. The molecule has 0 radical (unpaired) electrons. The lowest BCUT2D eigenvalue weighted by Gasteiger charge is -2.24. The monoisotopic (exact) mass is 371 g/mol. The number of esters is 1. The molecule has 1 aliphatic heterocycles. The lowest BCUT2D eigenvalue weighted by atomic mass is 9.89. The van der Waals surface area contributed by atoms with Crippen LogP contribution >= 0.6 is 23.2 Å². The Bertz CT molecular complexity index is 960. The maximum absolute atomic E-state index is 11.9. The number of carbonyl (C=O) groups excluding carboxylic acids is 1. The van der Waals surface area contributed by atoms with Crippen molar-refractivity contribution < 1.29 is 9.53 Å². The molecule has 0 amide bonds. The minimum Gasteiger partial charge on any atom is -0.437 e. The first-order chi connectivity index (χ1) is 11.9. The van der Waals surface area contributed by atoms with E-state index in [2.05, 4.69) is 0 Å². The van der Waals surface area contributed by atoms with Gasteiger partial charge in [0.2, 0.25) is 5.60 Å². The van der Waals surface area contributed by atoms with Gasteiger partial charge in [0.15, 0.2) is 0 Å². The number of nitrogens with zero attached hydrogens (tertiary/aromatic N) is 3. The Morgan fingerprint density at radius 3 is 2.20 bits per heavy atom. The second-order valence-corrected chi connectivity index (χ2v) is 6.47. The molecule has 0 aromatic heterocycles. The molecule has 3 rings (SSSR count). The van der Waals surface area contributed by atoms with E-state index >= 15 is 0 Å². The van der Waals surface area contributed by atoms with Gasteiger partial charge in [-0.05, 0) is 23.8 Å². The first kappa shape index (κ1) is 17.1. The van der Waals surface area contributed by atoms with Crippen molar-refractivity contribution in [2.75, 3.05) is 19.0 Å². The molecule has 25 heavy (non-hydrogen) atoms. The zero-order valence-electron chi connectivity index (χ0n) is 13.3. The SMILES string of the molecule is CN(C)c1ccc(C2=C(C#N)[C@]3(OC(=O)C(Cl)=C3Cl)C(C#N)=C2)cc1. The Morgan fingerprint density at radius 2 is 1.76 bits per heavy atom. The first-order valence-corrected chi connectivity index (χ1v) is 7.96. The van der Waals surface area contributed by atoms with Crippen molar-refractivity contribution in [3.05, 3.63) is 57.1 Å². The topological polar surface area (TPSA) is 77.1 Å². The molecule has 7 heteroatoms. The molecule has 124 valence electrons. The highest BCUT2D eigenvalue weighted by Gasteiger charge is 2.56. The fourth-order valence-corrected chi connectivity index (χ4v) is 3.35. The number of allylic oxidation sites excluding steroid dienone is 2. The minimum atomic E-state index is -1.74. The summed E-state index contributed by atoms with van der Waals surface area (Å²) in [5.41, 5.74) is 0.528. The second kappa shape index (κ2) is 5.97. The molecule has 0 N–H and O–H groups in total. The molecule has 1 spiro atoms. The smallest absolute Gasteiger partial charge is 0.352 e. The molecule has 2 aliphatic rings. The number of halogens is 2. The van der Waals surface area contributed by atoms with Crippen LogP contribution < -0.4 is 4.90 Å². The van der Waals surface area contributed by atoms with Crippen LogP contribution in [0.25, 0.3) is 5.57 Å². The molecule has 0 bridgehead atoms. The Labute approximate surface area is 154 Å². The molecule has 1 aromatic carbocycles. The fraction of sp³-hybridized carbons (Fsp3) is 0.167. The largest absolute Gasteiger partial charge is 0.437 e. The van der Waals surface area contributed by atoms with Crippen LogP contribution in [-0.4, -0.2) is 25.7 Å². The zero-order chi connectivity index (χ0) is 18.4. The number of rotatable bonds is 2. The Morgan fingerprint density at radius 1 is 1.12 bits per heavy atom. The van der Waals surface area contributed by atoms with Gasteiger partial charge in [0.05, 0.1) is 22.2 Å². The van der Waals surface area contributed by atoms with Crippen molar-refractivity contribution in [3.63, 3.8) is 0 Å². The van der Waals surface area contributed by atoms with Crippen molar-refractivity contribution >= 4 is 40.4 Å². The molecule has 0 saturated carbocycles. The van der Waals surface area contributed by atoms with E-state index in [0.29, 0.717) is 11.1 Å². The number of carbonyl (C=O) groups is 1. The Kier molecular flexibility index (Phi) is 4.08. The molecule has 0 unspecified atom stereocenters. The summed E-state index contributed by atoms with van der Waals surface area (Å²) in [5, 5.41) is 18.7. The third kappa shape index (κ3) is 2.33. The van der Waals surface area contributed by atoms with Crippen LogP contribution in [0.15, 0.2) is 51.6 Å². The standard InChI is InChI=1S/C18H11Cl2N3O2/c1-23(2)12-5-3-10(4-6-12)13-7-11(8-21)18(14(13)9-22)16(20)15(19)17(24)25-18/h3-7H,1-2H3/t18-/m1/s1. The van der Waals surface area contributed by atoms with Gasteiger partial charge in [0.25, 0.3) is 0 Å². The van der Waals surface area contributed by atoms with Crippen molar-refractivity contribution in [2.45, 2.75) is 5.60 Å². The lowest BCUT2D eigenvalue weighted by molar-refractivity contribution is -0.141. The molecular weight excluding hydrogens is 361 g/mol. The molecular formula is C18H11Cl2N3O2. The van der Waals surface area contributed by atoms with Gasteiger partial charge < -0.3 is 9.64 Å². The van der Waals surface area contributed by atoms with Gasteiger partial charge in [-0.3, -0.25) is 0 Å². The van der Waals surface area contributed by atoms with Crippen LogP contribution in [0.2, 0.25) is 0 Å². The summed E-state index contributed by atoms with van der Waals surface area (Å²) >= 11 is 12.1. The van der Waals surface area contributed by atoms with Crippen molar-refractivity contribution in [3.8, 4) is 12.1 Å². The quantitative estimate of drug-likeness (QED) is 0.743.